The predicted octanol–water partition coefficient (Wildman–Crippen LogP) is 7.53. The number of ether oxygens (including phenoxy) is 3. The number of nitrogens with one attached hydrogen (secondary N) is 2. The van der Waals surface area contributed by atoms with E-state index in [0.717, 1.165) is 45.4 Å². The van der Waals surface area contributed by atoms with Gasteiger partial charge in [-0.05, 0) is 107 Å². The second kappa shape index (κ2) is 14.9. The van der Waals surface area contributed by atoms with E-state index in [1.165, 1.54) is 18.4 Å². The summed E-state index contributed by atoms with van der Waals surface area (Å²) in [5, 5.41) is 19.1. The summed E-state index contributed by atoms with van der Waals surface area (Å²) in [7, 11) is 3.11. The number of rotatable bonds is 12. The molecule has 2 aliphatic heterocycles. The van der Waals surface area contributed by atoms with Gasteiger partial charge in [-0.3, -0.25) is 9.59 Å². The number of unbranched alkanes of at least 4 members (excludes halogenated alkanes) is 1. The molecule has 0 radical (unpaired) electrons. The van der Waals surface area contributed by atoms with Crippen LogP contribution in [0, 0.1) is 0 Å². The number of aromatic nitrogens is 1. The van der Waals surface area contributed by atoms with E-state index in [-0.39, 0.29) is 24.0 Å². The maximum absolute atomic E-state index is 13.8. The smallest absolute Gasteiger partial charge is 0.258 e. The minimum atomic E-state index is -0.593. The molecule has 3 N–H and O–H groups in total. The zero-order valence-electron chi connectivity index (χ0n) is 27.3. The van der Waals surface area contributed by atoms with Crippen LogP contribution in [0.3, 0.4) is 0 Å². The van der Waals surface area contributed by atoms with Gasteiger partial charge in [-0.1, -0.05) is 15.9 Å². The van der Waals surface area contributed by atoms with Gasteiger partial charge in [-0.15, -0.1) is 11.3 Å². The normalized spacial score (nSPS) is 17.5. The topological polar surface area (TPSA) is 122 Å². The van der Waals surface area contributed by atoms with Crippen LogP contribution in [0.2, 0.25) is 0 Å². The molecule has 4 aromatic rings. The van der Waals surface area contributed by atoms with Crippen molar-refractivity contribution in [3.63, 3.8) is 0 Å². The summed E-state index contributed by atoms with van der Waals surface area (Å²) in [6, 6.07) is 13.3. The van der Waals surface area contributed by atoms with Gasteiger partial charge in [-0.25, -0.2) is 4.98 Å². The van der Waals surface area contributed by atoms with Gasteiger partial charge in [0.1, 0.15) is 0 Å². The summed E-state index contributed by atoms with van der Waals surface area (Å²) in [5.74, 6) is 1.37. The molecule has 0 spiro atoms. The highest BCUT2D eigenvalue weighted by molar-refractivity contribution is 9.10. The van der Waals surface area contributed by atoms with Gasteiger partial charge in [0.15, 0.2) is 28.1 Å². The highest BCUT2D eigenvalue weighted by Crippen LogP contribution is 2.42. The van der Waals surface area contributed by atoms with Crippen molar-refractivity contribution in [3.8, 4) is 23.0 Å². The Hall–Kier alpha value is -3.91. The van der Waals surface area contributed by atoms with E-state index in [9.17, 15) is 14.7 Å². The number of nitrogens with zero attached hydrogens (tertiary/aromatic N) is 2. The molecule has 0 saturated heterocycles. The monoisotopic (exact) mass is 810 g/mol. The third-order valence-electron chi connectivity index (χ3n) is 8.72. The molecule has 2 aliphatic rings. The van der Waals surface area contributed by atoms with Crippen LogP contribution in [0.4, 0.5) is 10.8 Å². The fourth-order valence-corrected chi connectivity index (χ4v) is 7.70. The van der Waals surface area contributed by atoms with Crippen molar-refractivity contribution in [3.05, 3.63) is 85.2 Å². The van der Waals surface area contributed by atoms with Gasteiger partial charge in [0.2, 0.25) is 5.91 Å². The molecule has 2 amide bonds. The lowest BCUT2D eigenvalue weighted by Crippen LogP contribution is -2.47. The summed E-state index contributed by atoms with van der Waals surface area (Å²) in [4.78, 5) is 32.7. The number of thiazole rings is 1. The number of aromatic hydroxyl groups is 1. The number of anilines is 2. The largest absolute Gasteiger partial charge is 0.503 e. The molecule has 49 heavy (non-hydrogen) atoms. The van der Waals surface area contributed by atoms with Crippen LogP contribution >= 0.6 is 43.2 Å². The van der Waals surface area contributed by atoms with Crippen molar-refractivity contribution in [2.45, 2.75) is 38.1 Å². The molecule has 10 nitrogen and oxygen atoms in total. The summed E-state index contributed by atoms with van der Waals surface area (Å²) in [6.45, 7) is 3.70. The minimum absolute atomic E-state index is 0.00285. The predicted molar refractivity (Wildman–Crippen MR) is 199 cm³/mol. The molecule has 13 heteroatoms. The van der Waals surface area contributed by atoms with Crippen molar-refractivity contribution in [1.29, 1.82) is 0 Å². The first-order valence-electron chi connectivity index (χ1n) is 15.8. The average Bonchev–Trinajstić information content (AvgIpc) is 3.67. The Morgan fingerprint density at radius 1 is 1.12 bits per heavy atom. The Kier molecular flexibility index (Phi) is 10.6. The van der Waals surface area contributed by atoms with E-state index >= 15 is 0 Å². The van der Waals surface area contributed by atoms with E-state index in [1.54, 1.807) is 30.3 Å². The number of carbonyl (C=O) groups excluding carboxylic acids is 2. The number of methoxy groups -OCH3 is 2. The molecule has 6 rings (SSSR count). The van der Waals surface area contributed by atoms with Crippen LogP contribution in [0.15, 0.2) is 63.0 Å². The number of carbonyl (C=O) groups is 2. The maximum Gasteiger partial charge on any atom is 0.258 e. The molecule has 3 heterocycles. The number of hydrogen-bond donors (Lipinski definition) is 3. The molecule has 0 bridgehead atoms. The standard InChI is InChI=1S/C36H36Br2N4O6S/c1-36(20-32(43)41-35-39-10-13-49-35)26-19-30(29(46-2)17-22(26)8-9-40-36)48-12-5-4-11-42-28-7-6-23(37)18-24(28)25(34(42)45)14-21-15-27(38)33(44)31(16-21)47-3/h6-7,10,13-19,40,44H,4-5,8-9,11-12,20H2,1-3H3,(H,39,41,43)/b25-14-. The molecule has 256 valence electrons. The van der Waals surface area contributed by atoms with E-state index in [1.807, 2.05) is 48.7 Å². The van der Waals surface area contributed by atoms with Crippen LogP contribution in [0.25, 0.3) is 11.6 Å². The second-order valence-electron chi connectivity index (χ2n) is 12.0. The summed E-state index contributed by atoms with van der Waals surface area (Å²) in [6.07, 6.45) is 5.93. The van der Waals surface area contributed by atoms with Gasteiger partial charge in [-0.2, -0.15) is 0 Å². The SMILES string of the molecule is COc1cc2c(cc1OCCCCN1C(=O)/C(=C\c3cc(Br)c(O)c(OC)c3)c3cc(Br)ccc31)C(C)(CC(=O)Nc1nccs1)NCC2. The molecule has 1 aromatic heterocycles. The molecule has 0 saturated carbocycles. The molecule has 1 unspecified atom stereocenters. The molecule has 0 fully saturated rings. The molecular formula is C36H36Br2N4O6S. The summed E-state index contributed by atoms with van der Waals surface area (Å²) < 4.78 is 18.6. The molecular weight excluding hydrogens is 776 g/mol. The molecule has 3 aromatic carbocycles. The van der Waals surface area contributed by atoms with Crippen molar-refractivity contribution in [2.24, 2.45) is 0 Å². The van der Waals surface area contributed by atoms with Crippen molar-refractivity contribution in [2.75, 3.05) is 44.1 Å². The number of fused-ring (bicyclic) bond motifs is 2. The Morgan fingerprint density at radius 2 is 1.94 bits per heavy atom. The number of phenols is 1. The van der Waals surface area contributed by atoms with E-state index < -0.39 is 5.54 Å². The number of phenolic OH excluding ortho intramolecular Hbond substituents is 1. The zero-order valence-corrected chi connectivity index (χ0v) is 31.3. The van der Waals surface area contributed by atoms with Gasteiger partial charge >= 0.3 is 0 Å². The van der Waals surface area contributed by atoms with Crippen LogP contribution in [0.1, 0.15) is 48.4 Å². The first kappa shape index (κ1) is 34.9. The lowest BCUT2D eigenvalue weighted by molar-refractivity contribution is -0.117. The third kappa shape index (κ3) is 7.49. The fraction of sp³-hybridized carbons (Fsp3) is 0.306. The highest BCUT2D eigenvalue weighted by atomic mass is 79.9. The van der Waals surface area contributed by atoms with E-state index in [2.05, 4.69) is 47.5 Å². The van der Waals surface area contributed by atoms with Crippen LogP contribution in [-0.4, -0.2) is 55.8 Å². The Labute approximate surface area is 305 Å². The van der Waals surface area contributed by atoms with Gasteiger partial charge in [0, 0.05) is 52.2 Å². The van der Waals surface area contributed by atoms with Gasteiger partial charge in [0.25, 0.3) is 5.91 Å². The lowest BCUT2D eigenvalue weighted by atomic mass is 9.81. The second-order valence-corrected chi connectivity index (χ2v) is 14.7. The molecule has 1 atom stereocenters. The van der Waals surface area contributed by atoms with E-state index in [0.29, 0.717) is 58.4 Å². The molecule has 0 aliphatic carbocycles. The van der Waals surface area contributed by atoms with Crippen molar-refractivity contribution >= 4 is 77.5 Å². The van der Waals surface area contributed by atoms with Crippen LogP contribution in [-0.2, 0) is 21.5 Å². The van der Waals surface area contributed by atoms with Crippen LogP contribution < -0.4 is 29.7 Å². The highest BCUT2D eigenvalue weighted by Gasteiger charge is 2.36. The number of halogens is 2. The number of amides is 2. The Balaban J connectivity index is 1.13. The quantitative estimate of drug-likeness (QED) is 0.0993. The Morgan fingerprint density at radius 3 is 2.69 bits per heavy atom. The van der Waals surface area contributed by atoms with Crippen molar-refractivity contribution < 1.29 is 28.9 Å². The minimum Gasteiger partial charge on any atom is -0.503 e. The maximum atomic E-state index is 13.8. The summed E-state index contributed by atoms with van der Waals surface area (Å²) in [5.41, 5.74) is 4.48. The fourth-order valence-electron chi connectivity index (χ4n) is 6.33. The van der Waals surface area contributed by atoms with E-state index in [4.69, 9.17) is 14.2 Å². The zero-order chi connectivity index (χ0) is 34.7. The summed E-state index contributed by atoms with van der Waals surface area (Å²) >= 11 is 8.31. The van der Waals surface area contributed by atoms with Crippen molar-refractivity contribution in [1.82, 2.24) is 10.3 Å². The first-order chi connectivity index (χ1) is 23.6. The first-order valence-corrected chi connectivity index (χ1v) is 18.3. The van der Waals surface area contributed by atoms with Gasteiger partial charge < -0.3 is 34.9 Å². The number of benzene rings is 3. The van der Waals surface area contributed by atoms with Gasteiger partial charge in [0.05, 0.1) is 31.0 Å². The van der Waals surface area contributed by atoms with Crippen LogP contribution in [0.5, 0.6) is 23.0 Å². The third-order valence-corrected chi connectivity index (χ3v) is 10.5. The average molecular weight is 813 g/mol. The number of hydrogen-bond acceptors (Lipinski definition) is 9. The lowest BCUT2D eigenvalue weighted by Gasteiger charge is -2.37. The Bertz CT molecular complexity index is 1920.